The molecule has 0 unspecified atom stereocenters. The highest BCUT2D eigenvalue weighted by atomic mass is 32.2. The van der Waals surface area contributed by atoms with Crippen molar-refractivity contribution in [3.05, 3.63) is 77.0 Å². The third-order valence-electron chi connectivity index (χ3n) is 3.72. The lowest BCUT2D eigenvalue weighted by molar-refractivity contribution is -0.111. The van der Waals surface area contributed by atoms with Gasteiger partial charge in [-0.15, -0.1) is 11.3 Å². The minimum absolute atomic E-state index is 0.0930. The molecule has 3 rings (SSSR count). The number of rotatable bonds is 7. The molecule has 0 bridgehead atoms. The van der Waals surface area contributed by atoms with Crippen LogP contribution in [0.2, 0.25) is 0 Å². The van der Waals surface area contributed by atoms with Crippen LogP contribution in [0.25, 0.3) is 6.08 Å². The van der Waals surface area contributed by atoms with E-state index in [1.54, 1.807) is 42.5 Å². The SMILES string of the molecule is COc1ccc(NS(=O)(=O)c2ccc(NC(=O)/C=C/c3cccs3)cc2)cc1. The Bertz CT molecular complexity index is 1060. The summed E-state index contributed by atoms with van der Waals surface area (Å²) in [6.07, 6.45) is 3.15. The molecular weight excluding hydrogens is 396 g/mol. The summed E-state index contributed by atoms with van der Waals surface area (Å²) in [5.74, 6) is 0.344. The van der Waals surface area contributed by atoms with Crippen LogP contribution < -0.4 is 14.8 Å². The lowest BCUT2D eigenvalue weighted by Crippen LogP contribution is -2.13. The molecule has 6 nitrogen and oxygen atoms in total. The van der Waals surface area contributed by atoms with Gasteiger partial charge in [0.15, 0.2) is 0 Å². The quantitative estimate of drug-likeness (QED) is 0.567. The molecule has 0 aliphatic rings. The first-order chi connectivity index (χ1) is 13.5. The number of thiophene rings is 1. The Morgan fingerprint density at radius 3 is 2.29 bits per heavy atom. The van der Waals surface area contributed by atoms with Crippen molar-refractivity contribution in [2.45, 2.75) is 4.90 Å². The average Bonchev–Trinajstić information content (AvgIpc) is 3.21. The lowest BCUT2D eigenvalue weighted by atomic mass is 10.3. The Kier molecular flexibility index (Phi) is 6.13. The first kappa shape index (κ1) is 19.7. The molecule has 0 aliphatic heterocycles. The zero-order valence-corrected chi connectivity index (χ0v) is 16.6. The molecule has 2 aromatic carbocycles. The number of carbonyl (C=O) groups excluding carboxylic acids is 1. The number of ether oxygens (including phenoxy) is 1. The van der Waals surface area contributed by atoms with Crippen LogP contribution in [-0.2, 0) is 14.8 Å². The van der Waals surface area contributed by atoms with Gasteiger partial charge in [0.25, 0.3) is 10.0 Å². The molecule has 0 aliphatic carbocycles. The van der Waals surface area contributed by atoms with E-state index in [1.807, 2.05) is 17.5 Å². The first-order valence-electron chi connectivity index (χ1n) is 8.26. The average molecular weight is 415 g/mol. The standard InChI is InChI=1S/C20H18N2O4S2/c1-26-17-8-4-16(5-9-17)22-28(24,25)19-11-6-15(7-12-19)21-20(23)13-10-18-3-2-14-27-18/h2-14,22H,1H3,(H,21,23)/b13-10+. The van der Waals surface area contributed by atoms with Crippen LogP contribution in [-0.4, -0.2) is 21.4 Å². The second-order valence-corrected chi connectivity index (χ2v) is 8.36. The van der Waals surface area contributed by atoms with E-state index in [4.69, 9.17) is 4.74 Å². The van der Waals surface area contributed by atoms with Gasteiger partial charge in [-0.2, -0.15) is 0 Å². The lowest BCUT2D eigenvalue weighted by Gasteiger charge is -2.09. The molecule has 3 aromatic rings. The zero-order chi connectivity index (χ0) is 20.0. The van der Waals surface area contributed by atoms with E-state index in [-0.39, 0.29) is 10.8 Å². The van der Waals surface area contributed by atoms with Gasteiger partial charge in [0.1, 0.15) is 5.75 Å². The van der Waals surface area contributed by atoms with Gasteiger partial charge in [0, 0.05) is 22.3 Å². The van der Waals surface area contributed by atoms with Gasteiger partial charge in [-0.1, -0.05) is 6.07 Å². The summed E-state index contributed by atoms with van der Waals surface area (Å²) in [5, 5.41) is 4.62. The number of carbonyl (C=O) groups is 1. The molecule has 0 radical (unpaired) electrons. The Morgan fingerprint density at radius 2 is 1.68 bits per heavy atom. The number of hydrogen-bond donors (Lipinski definition) is 2. The maximum Gasteiger partial charge on any atom is 0.261 e. The van der Waals surface area contributed by atoms with Gasteiger partial charge in [-0.05, 0) is 66.1 Å². The molecule has 2 N–H and O–H groups in total. The van der Waals surface area contributed by atoms with Crippen molar-refractivity contribution >= 4 is 44.7 Å². The molecule has 144 valence electrons. The smallest absolute Gasteiger partial charge is 0.261 e. The number of hydrogen-bond acceptors (Lipinski definition) is 5. The van der Waals surface area contributed by atoms with Crippen molar-refractivity contribution in [2.75, 3.05) is 17.1 Å². The zero-order valence-electron chi connectivity index (χ0n) is 15.0. The Hall–Kier alpha value is -3.10. The minimum atomic E-state index is -3.73. The van der Waals surface area contributed by atoms with Crippen molar-refractivity contribution < 1.29 is 17.9 Å². The van der Waals surface area contributed by atoms with Gasteiger partial charge in [-0.3, -0.25) is 9.52 Å². The molecule has 1 heterocycles. The predicted octanol–water partition coefficient (Wildman–Crippen LogP) is 4.21. The molecule has 0 fully saturated rings. The predicted molar refractivity (Wildman–Crippen MR) is 112 cm³/mol. The second kappa shape index (κ2) is 8.73. The van der Waals surface area contributed by atoms with Gasteiger partial charge in [0.2, 0.25) is 5.91 Å². The van der Waals surface area contributed by atoms with Crippen molar-refractivity contribution in [2.24, 2.45) is 0 Å². The summed E-state index contributed by atoms with van der Waals surface area (Å²) in [6, 6.07) is 16.3. The molecule has 1 aromatic heterocycles. The topological polar surface area (TPSA) is 84.5 Å². The number of methoxy groups -OCH3 is 1. The van der Waals surface area contributed by atoms with Gasteiger partial charge in [0.05, 0.1) is 12.0 Å². The summed E-state index contributed by atoms with van der Waals surface area (Å²) in [4.78, 5) is 13.0. The number of sulfonamides is 1. The minimum Gasteiger partial charge on any atom is -0.497 e. The van der Waals surface area contributed by atoms with E-state index < -0.39 is 10.0 Å². The number of benzene rings is 2. The number of nitrogens with one attached hydrogen (secondary N) is 2. The molecule has 1 amide bonds. The maximum atomic E-state index is 12.5. The number of amides is 1. The largest absolute Gasteiger partial charge is 0.497 e. The van der Waals surface area contributed by atoms with E-state index in [0.717, 1.165) is 4.88 Å². The van der Waals surface area contributed by atoms with E-state index in [2.05, 4.69) is 10.0 Å². The van der Waals surface area contributed by atoms with Crippen LogP contribution in [0.3, 0.4) is 0 Å². The van der Waals surface area contributed by atoms with Crippen LogP contribution in [0.4, 0.5) is 11.4 Å². The Balaban J connectivity index is 1.64. The normalized spacial score (nSPS) is 11.3. The van der Waals surface area contributed by atoms with Crippen LogP contribution in [0.5, 0.6) is 5.75 Å². The second-order valence-electron chi connectivity index (χ2n) is 5.70. The van der Waals surface area contributed by atoms with Crippen LogP contribution in [0, 0.1) is 0 Å². The van der Waals surface area contributed by atoms with E-state index >= 15 is 0 Å². The van der Waals surface area contributed by atoms with Crippen molar-refractivity contribution in [3.8, 4) is 5.75 Å². The fourth-order valence-corrected chi connectivity index (χ4v) is 4.00. The fraction of sp³-hybridized carbons (Fsp3) is 0.0500. The van der Waals surface area contributed by atoms with Crippen LogP contribution >= 0.6 is 11.3 Å². The molecule has 0 spiro atoms. The number of anilines is 2. The third-order valence-corrected chi connectivity index (χ3v) is 5.95. The summed E-state index contributed by atoms with van der Waals surface area (Å²) in [5.41, 5.74) is 0.932. The molecule has 0 saturated carbocycles. The highest BCUT2D eigenvalue weighted by Crippen LogP contribution is 2.20. The molecule has 0 atom stereocenters. The van der Waals surface area contributed by atoms with E-state index in [9.17, 15) is 13.2 Å². The summed E-state index contributed by atoms with van der Waals surface area (Å²) >= 11 is 1.53. The summed E-state index contributed by atoms with van der Waals surface area (Å²) in [6.45, 7) is 0. The van der Waals surface area contributed by atoms with Gasteiger partial charge in [-0.25, -0.2) is 8.42 Å². The molecule has 28 heavy (non-hydrogen) atoms. The van der Waals surface area contributed by atoms with Crippen molar-refractivity contribution in [1.29, 1.82) is 0 Å². The monoisotopic (exact) mass is 414 g/mol. The highest BCUT2D eigenvalue weighted by Gasteiger charge is 2.14. The van der Waals surface area contributed by atoms with Gasteiger partial charge < -0.3 is 10.1 Å². The van der Waals surface area contributed by atoms with Crippen LogP contribution in [0.15, 0.2) is 77.0 Å². The van der Waals surface area contributed by atoms with Crippen molar-refractivity contribution in [1.82, 2.24) is 0 Å². The summed E-state index contributed by atoms with van der Waals surface area (Å²) < 4.78 is 32.5. The van der Waals surface area contributed by atoms with Crippen molar-refractivity contribution in [3.63, 3.8) is 0 Å². The Morgan fingerprint density at radius 1 is 1.00 bits per heavy atom. The van der Waals surface area contributed by atoms with E-state index in [1.165, 1.54) is 36.7 Å². The molecular formula is C20H18N2O4S2. The molecule has 0 saturated heterocycles. The highest BCUT2D eigenvalue weighted by molar-refractivity contribution is 7.92. The van der Waals surface area contributed by atoms with E-state index in [0.29, 0.717) is 17.1 Å². The van der Waals surface area contributed by atoms with Gasteiger partial charge >= 0.3 is 0 Å². The summed E-state index contributed by atoms with van der Waals surface area (Å²) in [7, 11) is -2.19. The maximum absolute atomic E-state index is 12.5. The molecule has 8 heteroatoms. The third kappa shape index (κ3) is 5.21. The first-order valence-corrected chi connectivity index (χ1v) is 10.6. The van der Waals surface area contributed by atoms with Crippen LogP contribution in [0.1, 0.15) is 4.88 Å². The fourth-order valence-electron chi connectivity index (χ4n) is 2.32. The Labute approximate surface area is 167 Å².